The minimum atomic E-state index is -5.13. The molecule has 0 aliphatic rings. The van der Waals surface area contributed by atoms with Crippen molar-refractivity contribution in [2.45, 2.75) is 12.6 Å². The molecule has 0 atom stereocenters. The number of alkyl halides is 3. The first-order valence-corrected chi connectivity index (χ1v) is 2.90. The molecule has 0 rings (SSSR count). The zero-order valence-corrected chi connectivity index (χ0v) is 5.85. The van der Waals surface area contributed by atoms with E-state index >= 15 is 0 Å². The standard InChI is InChI=1S/C5H6F3NO3/c6-5(7,8)4(11)12-3(10)1-2-9/h1-2,9H2. The average molecular weight is 185 g/mol. The fraction of sp³-hybridized carbons (Fsp3) is 0.600. The van der Waals surface area contributed by atoms with Gasteiger partial charge in [-0.2, -0.15) is 13.2 Å². The number of halogens is 3. The van der Waals surface area contributed by atoms with Crippen LogP contribution in [0.3, 0.4) is 0 Å². The number of rotatable bonds is 2. The Labute approximate surface area is 65.5 Å². The lowest BCUT2D eigenvalue weighted by molar-refractivity contribution is -0.201. The molecule has 0 aromatic rings. The Bertz CT molecular complexity index is 189. The second-order valence-corrected chi connectivity index (χ2v) is 1.80. The monoisotopic (exact) mass is 185 g/mol. The van der Waals surface area contributed by atoms with Gasteiger partial charge >= 0.3 is 18.1 Å². The third kappa shape index (κ3) is 3.91. The highest BCUT2D eigenvalue weighted by Gasteiger charge is 2.42. The van der Waals surface area contributed by atoms with Crippen molar-refractivity contribution in [2.75, 3.05) is 6.54 Å². The molecule has 0 aromatic carbocycles. The highest BCUT2D eigenvalue weighted by atomic mass is 19.4. The molecule has 7 heteroatoms. The molecule has 12 heavy (non-hydrogen) atoms. The van der Waals surface area contributed by atoms with Gasteiger partial charge in [-0.25, -0.2) is 4.79 Å². The Hall–Kier alpha value is -1.11. The summed E-state index contributed by atoms with van der Waals surface area (Å²) in [4.78, 5) is 20.2. The fourth-order valence-electron chi connectivity index (χ4n) is 0.330. The first-order valence-electron chi connectivity index (χ1n) is 2.90. The maximum atomic E-state index is 11.4. The first kappa shape index (κ1) is 10.9. The smallest absolute Gasteiger partial charge is 0.386 e. The van der Waals surface area contributed by atoms with Crippen molar-refractivity contribution >= 4 is 11.9 Å². The van der Waals surface area contributed by atoms with Gasteiger partial charge in [0.05, 0.1) is 6.42 Å². The van der Waals surface area contributed by atoms with Gasteiger partial charge in [0.25, 0.3) is 0 Å². The fourth-order valence-corrected chi connectivity index (χ4v) is 0.330. The van der Waals surface area contributed by atoms with E-state index in [0.717, 1.165) is 0 Å². The maximum Gasteiger partial charge on any atom is 0.491 e. The van der Waals surface area contributed by atoms with Gasteiger partial charge in [-0.1, -0.05) is 0 Å². The van der Waals surface area contributed by atoms with Gasteiger partial charge in [-0.05, 0) is 0 Å². The van der Waals surface area contributed by atoms with Gasteiger partial charge in [-0.3, -0.25) is 4.79 Å². The summed E-state index contributed by atoms with van der Waals surface area (Å²) in [6.45, 7) is -0.163. The lowest BCUT2D eigenvalue weighted by atomic mass is 10.4. The average Bonchev–Trinajstić information content (AvgIpc) is 1.85. The first-order chi connectivity index (χ1) is 5.38. The summed E-state index contributed by atoms with van der Waals surface area (Å²) in [7, 11) is 0. The van der Waals surface area contributed by atoms with Crippen LogP contribution in [0.1, 0.15) is 6.42 Å². The largest absolute Gasteiger partial charge is 0.491 e. The van der Waals surface area contributed by atoms with Gasteiger partial charge < -0.3 is 10.5 Å². The van der Waals surface area contributed by atoms with Gasteiger partial charge in [0.15, 0.2) is 0 Å². The zero-order chi connectivity index (χ0) is 9.78. The summed E-state index contributed by atoms with van der Waals surface area (Å²) in [5.41, 5.74) is 4.82. The Balaban J connectivity index is 3.94. The number of hydrogen-bond acceptors (Lipinski definition) is 4. The predicted octanol–water partition coefficient (Wildman–Crippen LogP) is -0.0327. The van der Waals surface area contributed by atoms with Crippen LogP contribution in [-0.2, 0) is 14.3 Å². The van der Waals surface area contributed by atoms with Gasteiger partial charge in [0.1, 0.15) is 0 Å². The number of ether oxygens (including phenoxy) is 1. The van der Waals surface area contributed by atoms with Gasteiger partial charge in [0, 0.05) is 6.54 Å². The van der Waals surface area contributed by atoms with E-state index in [1.165, 1.54) is 0 Å². The second kappa shape index (κ2) is 4.05. The molecule has 0 fully saturated rings. The van der Waals surface area contributed by atoms with Crippen LogP contribution in [0.25, 0.3) is 0 Å². The summed E-state index contributed by atoms with van der Waals surface area (Å²) in [6.07, 6.45) is -5.55. The summed E-state index contributed by atoms with van der Waals surface area (Å²) >= 11 is 0. The molecule has 0 aliphatic heterocycles. The van der Waals surface area contributed by atoms with Crippen LogP contribution in [0.2, 0.25) is 0 Å². The molecule has 0 unspecified atom stereocenters. The molecule has 0 radical (unpaired) electrons. The number of esters is 2. The zero-order valence-electron chi connectivity index (χ0n) is 5.85. The van der Waals surface area contributed by atoms with E-state index in [1.807, 2.05) is 0 Å². The van der Waals surface area contributed by atoms with Crippen LogP contribution in [0.4, 0.5) is 13.2 Å². The van der Waals surface area contributed by atoms with E-state index in [1.54, 1.807) is 0 Å². The number of nitrogens with two attached hydrogens (primary N) is 1. The molecule has 0 heterocycles. The molecule has 0 bridgehead atoms. The highest BCUT2D eigenvalue weighted by Crippen LogP contribution is 2.16. The van der Waals surface area contributed by atoms with Crippen LogP contribution >= 0.6 is 0 Å². The Morgan fingerprint density at radius 2 is 1.83 bits per heavy atom. The Kier molecular flexibility index (Phi) is 3.68. The minimum Gasteiger partial charge on any atom is -0.386 e. The van der Waals surface area contributed by atoms with Crippen LogP contribution in [0.5, 0.6) is 0 Å². The van der Waals surface area contributed by atoms with Crippen LogP contribution in [0.15, 0.2) is 0 Å². The predicted molar refractivity (Wildman–Crippen MR) is 30.8 cm³/mol. The van der Waals surface area contributed by atoms with E-state index in [0.29, 0.717) is 0 Å². The van der Waals surface area contributed by atoms with Crippen molar-refractivity contribution in [3.8, 4) is 0 Å². The third-order valence-corrected chi connectivity index (χ3v) is 0.786. The van der Waals surface area contributed by atoms with Crippen molar-refractivity contribution in [1.82, 2.24) is 0 Å². The number of carbonyl (C=O) groups excluding carboxylic acids is 2. The van der Waals surface area contributed by atoms with Crippen LogP contribution in [0, 0.1) is 0 Å². The van der Waals surface area contributed by atoms with Crippen molar-refractivity contribution < 1.29 is 27.5 Å². The third-order valence-electron chi connectivity index (χ3n) is 0.786. The summed E-state index contributed by atoms with van der Waals surface area (Å²) in [5, 5.41) is 0. The number of carbonyl (C=O) groups is 2. The SMILES string of the molecule is NCCC(=O)OC(=O)C(F)(F)F. The molecular formula is C5H6F3NO3. The summed E-state index contributed by atoms with van der Waals surface area (Å²) < 4.78 is 37.5. The van der Waals surface area contributed by atoms with E-state index in [4.69, 9.17) is 5.73 Å². The quantitative estimate of drug-likeness (QED) is 0.484. The maximum absolute atomic E-state index is 11.4. The molecule has 0 aliphatic carbocycles. The summed E-state index contributed by atoms with van der Waals surface area (Å²) in [6, 6.07) is 0. The molecule has 0 amide bonds. The topological polar surface area (TPSA) is 69.4 Å². The molecule has 0 spiro atoms. The van der Waals surface area contributed by atoms with E-state index < -0.39 is 24.5 Å². The molecule has 0 aromatic heterocycles. The van der Waals surface area contributed by atoms with Gasteiger partial charge in [-0.15, -0.1) is 0 Å². The lowest BCUT2D eigenvalue weighted by Gasteiger charge is -2.03. The molecule has 2 N–H and O–H groups in total. The molecule has 0 saturated heterocycles. The van der Waals surface area contributed by atoms with Crippen molar-refractivity contribution in [3.05, 3.63) is 0 Å². The van der Waals surface area contributed by atoms with Crippen LogP contribution < -0.4 is 5.73 Å². The second-order valence-electron chi connectivity index (χ2n) is 1.80. The van der Waals surface area contributed by atoms with E-state index in [2.05, 4.69) is 4.74 Å². The molecule has 70 valence electrons. The van der Waals surface area contributed by atoms with E-state index in [9.17, 15) is 22.8 Å². The minimum absolute atomic E-state index is 0.163. The Morgan fingerprint density at radius 3 is 2.17 bits per heavy atom. The normalized spacial score (nSPS) is 11.0. The lowest BCUT2D eigenvalue weighted by Crippen LogP contribution is -2.28. The van der Waals surface area contributed by atoms with E-state index in [-0.39, 0.29) is 6.54 Å². The van der Waals surface area contributed by atoms with Crippen molar-refractivity contribution in [2.24, 2.45) is 5.73 Å². The van der Waals surface area contributed by atoms with Crippen molar-refractivity contribution in [1.29, 1.82) is 0 Å². The summed E-state index contributed by atoms with van der Waals surface area (Å²) in [5.74, 6) is -3.79. The molecule has 0 saturated carbocycles. The Morgan fingerprint density at radius 1 is 1.33 bits per heavy atom. The highest BCUT2D eigenvalue weighted by molar-refractivity contribution is 5.88. The number of hydrogen-bond donors (Lipinski definition) is 1. The van der Waals surface area contributed by atoms with Crippen molar-refractivity contribution in [3.63, 3.8) is 0 Å². The van der Waals surface area contributed by atoms with Gasteiger partial charge in [0.2, 0.25) is 0 Å². The molecular weight excluding hydrogens is 179 g/mol. The van der Waals surface area contributed by atoms with Crippen LogP contribution in [-0.4, -0.2) is 24.7 Å². The molecule has 4 nitrogen and oxygen atoms in total.